The summed E-state index contributed by atoms with van der Waals surface area (Å²) in [5.41, 5.74) is 7.96. The summed E-state index contributed by atoms with van der Waals surface area (Å²) in [6.45, 7) is 1.68. The highest BCUT2D eigenvalue weighted by molar-refractivity contribution is 4.75. The first-order valence-electron chi connectivity index (χ1n) is 3.17. The van der Waals surface area contributed by atoms with Gasteiger partial charge in [0.2, 0.25) is 0 Å². The fourth-order valence-corrected chi connectivity index (χ4v) is 1.05. The van der Waals surface area contributed by atoms with Gasteiger partial charge < -0.3 is 5.32 Å². The monoisotopic (exact) mass is 126 g/mol. The molecular weight excluding hydrogens is 116 g/mol. The number of hydrogen-bond donors (Lipinski definition) is 1. The van der Waals surface area contributed by atoms with Crippen LogP contribution in [0, 0.1) is 0 Å². The quantitative estimate of drug-likeness (QED) is 0.335. The average molecular weight is 126 g/mol. The average Bonchev–Trinajstić information content (AvgIpc) is 2.34. The molecule has 1 fully saturated rings. The molecule has 0 bridgehead atoms. The van der Waals surface area contributed by atoms with Crippen LogP contribution in [-0.4, -0.2) is 19.1 Å². The van der Waals surface area contributed by atoms with E-state index in [1.165, 1.54) is 6.42 Å². The van der Waals surface area contributed by atoms with Crippen LogP contribution < -0.4 is 5.32 Å². The summed E-state index contributed by atoms with van der Waals surface area (Å²) in [5, 5.41) is 6.70. The number of nitrogens with zero attached hydrogens (tertiary/aromatic N) is 3. The van der Waals surface area contributed by atoms with Gasteiger partial charge in [-0.05, 0) is 24.9 Å². The number of hydrogen-bond acceptors (Lipinski definition) is 2. The van der Waals surface area contributed by atoms with Crippen LogP contribution in [0.3, 0.4) is 0 Å². The largest absolute Gasteiger partial charge is 0.314 e. The first-order chi connectivity index (χ1) is 4.43. The summed E-state index contributed by atoms with van der Waals surface area (Å²) < 4.78 is 0. The molecule has 0 spiro atoms. The van der Waals surface area contributed by atoms with Crippen molar-refractivity contribution in [3.63, 3.8) is 0 Å². The van der Waals surface area contributed by atoms with Crippen molar-refractivity contribution < 1.29 is 0 Å². The van der Waals surface area contributed by atoms with Gasteiger partial charge in [-0.3, -0.25) is 0 Å². The lowest BCUT2D eigenvalue weighted by Crippen LogP contribution is -2.23. The molecule has 0 aromatic carbocycles. The van der Waals surface area contributed by atoms with Gasteiger partial charge >= 0.3 is 0 Å². The van der Waals surface area contributed by atoms with Crippen molar-refractivity contribution in [3.05, 3.63) is 10.4 Å². The highest BCUT2D eigenvalue weighted by atomic mass is 15.1. The van der Waals surface area contributed by atoms with Crippen molar-refractivity contribution in [1.29, 1.82) is 0 Å². The van der Waals surface area contributed by atoms with Gasteiger partial charge in [-0.2, -0.15) is 0 Å². The predicted molar refractivity (Wildman–Crippen MR) is 35.0 cm³/mol. The van der Waals surface area contributed by atoms with Crippen molar-refractivity contribution in [3.8, 4) is 0 Å². The first-order valence-corrected chi connectivity index (χ1v) is 3.17. The van der Waals surface area contributed by atoms with E-state index in [0.717, 1.165) is 13.0 Å². The van der Waals surface area contributed by atoms with E-state index in [9.17, 15) is 0 Å². The Morgan fingerprint density at radius 3 is 3.22 bits per heavy atom. The fourth-order valence-electron chi connectivity index (χ4n) is 1.05. The van der Waals surface area contributed by atoms with Gasteiger partial charge in [0.25, 0.3) is 0 Å². The highest BCUT2D eigenvalue weighted by Crippen LogP contribution is 2.04. The van der Waals surface area contributed by atoms with Gasteiger partial charge in [0.05, 0.1) is 0 Å². The van der Waals surface area contributed by atoms with Crippen molar-refractivity contribution >= 4 is 0 Å². The molecule has 1 aliphatic heterocycles. The molecule has 1 rings (SSSR count). The first kappa shape index (κ1) is 6.39. The third kappa shape index (κ3) is 1.91. The summed E-state index contributed by atoms with van der Waals surface area (Å²) in [6.07, 6.45) is 2.37. The standard InChI is InChI=1S/C5H10N4/c6-9-8-4-5-2-1-3-7-5/h5,7H,1-4H2/t5-/m0/s1. The Morgan fingerprint density at radius 1 is 1.78 bits per heavy atom. The number of rotatable bonds is 2. The lowest BCUT2D eigenvalue weighted by Gasteiger charge is -2.02. The van der Waals surface area contributed by atoms with Crippen LogP contribution in [0.2, 0.25) is 0 Å². The van der Waals surface area contributed by atoms with E-state index in [1.54, 1.807) is 0 Å². The Hall–Kier alpha value is -0.730. The third-order valence-corrected chi connectivity index (χ3v) is 1.53. The van der Waals surface area contributed by atoms with E-state index in [4.69, 9.17) is 5.53 Å². The molecule has 0 saturated carbocycles. The molecule has 50 valence electrons. The van der Waals surface area contributed by atoms with Gasteiger partial charge in [0.15, 0.2) is 0 Å². The summed E-state index contributed by atoms with van der Waals surface area (Å²) in [7, 11) is 0. The van der Waals surface area contributed by atoms with Gasteiger partial charge in [0.1, 0.15) is 0 Å². The van der Waals surface area contributed by atoms with E-state index >= 15 is 0 Å². The molecule has 1 saturated heterocycles. The fraction of sp³-hybridized carbons (Fsp3) is 1.00. The van der Waals surface area contributed by atoms with E-state index in [0.29, 0.717) is 12.6 Å². The lowest BCUT2D eigenvalue weighted by molar-refractivity contribution is 0.615. The maximum Gasteiger partial charge on any atom is 0.0412 e. The van der Waals surface area contributed by atoms with Crippen molar-refractivity contribution in [2.45, 2.75) is 18.9 Å². The van der Waals surface area contributed by atoms with Crippen LogP contribution in [-0.2, 0) is 0 Å². The Kier molecular flexibility index (Phi) is 2.36. The molecule has 4 nitrogen and oxygen atoms in total. The summed E-state index contributed by atoms with van der Waals surface area (Å²) in [4.78, 5) is 2.68. The summed E-state index contributed by atoms with van der Waals surface area (Å²) >= 11 is 0. The van der Waals surface area contributed by atoms with Crippen LogP contribution in [0.25, 0.3) is 10.4 Å². The second-order valence-electron chi connectivity index (χ2n) is 2.21. The normalized spacial score (nSPS) is 25.6. The van der Waals surface area contributed by atoms with Crippen LogP contribution in [0.4, 0.5) is 0 Å². The van der Waals surface area contributed by atoms with Crippen LogP contribution >= 0.6 is 0 Å². The number of nitrogens with one attached hydrogen (secondary N) is 1. The maximum atomic E-state index is 7.96. The van der Waals surface area contributed by atoms with E-state index in [1.807, 2.05) is 0 Å². The predicted octanol–water partition coefficient (Wildman–Crippen LogP) is 1.05. The lowest BCUT2D eigenvalue weighted by atomic mass is 10.2. The van der Waals surface area contributed by atoms with Crippen molar-refractivity contribution in [2.75, 3.05) is 13.1 Å². The van der Waals surface area contributed by atoms with Gasteiger partial charge in [-0.15, -0.1) is 0 Å². The van der Waals surface area contributed by atoms with Gasteiger partial charge in [-0.25, -0.2) is 0 Å². The Morgan fingerprint density at radius 2 is 2.67 bits per heavy atom. The minimum Gasteiger partial charge on any atom is -0.314 e. The smallest absolute Gasteiger partial charge is 0.0412 e. The summed E-state index contributed by atoms with van der Waals surface area (Å²) in [5.74, 6) is 0. The van der Waals surface area contributed by atoms with Crippen LogP contribution in [0.5, 0.6) is 0 Å². The topological polar surface area (TPSA) is 60.8 Å². The second-order valence-corrected chi connectivity index (χ2v) is 2.21. The molecule has 0 radical (unpaired) electrons. The molecule has 0 amide bonds. The van der Waals surface area contributed by atoms with Crippen LogP contribution in [0.1, 0.15) is 12.8 Å². The van der Waals surface area contributed by atoms with Gasteiger partial charge in [-0.1, -0.05) is 5.11 Å². The highest BCUT2D eigenvalue weighted by Gasteiger charge is 2.11. The van der Waals surface area contributed by atoms with E-state index in [2.05, 4.69) is 15.3 Å². The SMILES string of the molecule is [N-]=[N+]=NC[C@@H]1CCCN1. The molecule has 1 aliphatic rings. The molecule has 1 N–H and O–H groups in total. The third-order valence-electron chi connectivity index (χ3n) is 1.53. The molecule has 0 unspecified atom stereocenters. The Bertz CT molecular complexity index is 121. The Balaban J connectivity index is 2.18. The zero-order valence-corrected chi connectivity index (χ0v) is 5.25. The summed E-state index contributed by atoms with van der Waals surface area (Å²) in [6, 6.07) is 0.445. The molecule has 4 heteroatoms. The zero-order chi connectivity index (χ0) is 6.53. The molecule has 1 heterocycles. The number of azide groups is 1. The minimum atomic E-state index is 0.445. The molecule has 1 atom stereocenters. The van der Waals surface area contributed by atoms with Crippen LogP contribution in [0.15, 0.2) is 5.11 Å². The molecule has 0 aromatic rings. The Labute approximate surface area is 53.9 Å². The maximum absolute atomic E-state index is 7.96. The molecule has 0 aliphatic carbocycles. The van der Waals surface area contributed by atoms with Gasteiger partial charge in [0, 0.05) is 17.5 Å². The van der Waals surface area contributed by atoms with E-state index in [-0.39, 0.29) is 0 Å². The van der Waals surface area contributed by atoms with Crippen molar-refractivity contribution in [2.24, 2.45) is 5.11 Å². The minimum absolute atomic E-state index is 0.445. The molecular formula is C5H10N4. The zero-order valence-electron chi connectivity index (χ0n) is 5.25. The van der Waals surface area contributed by atoms with E-state index < -0.39 is 0 Å². The molecule has 9 heavy (non-hydrogen) atoms. The molecule has 0 aromatic heterocycles. The second kappa shape index (κ2) is 3.33. The van der Waals surface area contributed by atoms with Crippen molar-refractivity contribution in [1.82, 2.24) is 5.32 Å².